The predicted octanol–water partition coefficient (Wildman–Crippen LogP) is 3.29. The number of aryl methyl sites for hydroxylation is 1. The van der Waals surface area contributed by atoms with Gasteiger partial charge in [-0.25, -0.2) is 4.39 Å². The van der Waals surface area contributed by atoms with Crippen molar-refractivity contribution in [3.8, 4) is 0 Å². The Morgan fingerprint density at radius 3 is 2.82 bits per heavy atom. The van der Waals surface area contributed by atoms with Gasteiger partial charge in [-0.2, -0.15) is 0 Å². The number of aromatic nitrogens is 1. The van der Waals surface area contributed by atoms with Gasteiger partial charge in [-0.15, -0.1) is 0 Å². The molecule has 1 aliphatic carbocycles. The minimum absolute atomic E-state index is 0.131. The average molecular weight is 387 g/mol. The van der Waals surface area contributed by atoms with Crippen LogP contribution in [0.4, 0.5) is 4.39 Å². The molecule has 1 saturated carbocycles. The molecule has 0 spiro atoms. The molecule has 2 aromatic rings. The SMILES string of the molecule is Cc1ccc(F)c2cc(C(=O)N[C@@H]3CCC[C@H](N4CC[C@H](N(C)C)C4)C3)[nH]c12. The number of likely N-dealkylation sites (tertiary alicyclic amines) is 1. The van der Waals surface area contributed by atoms with Crippen molar-refractivity contribution in [1.82, 2.24) is 20.1 Å². The van der Waals surface area contributed by atoms with Crippen LogP contribution in [0.2, 0.25) is 0 Å². The first kappa shape index (κ1) is 19.4. The molecule has 1 saturated heterocycles. The maximum atomic E-state index is 14.1. The predicted molar refractivity (Wildman–Crippen MR) is 110 cm³/mol. The minimum Gasteiger partial charge on any atom is -0.350 e. The molecule has 2 N–H and O–H groups in total. The van der Waals surface area contributed by atoms with Gasteiger partial charge in [0.1, 0.15) is 11.5 Å². The van der Waals surface area contributed by atoms with Gasteiger partial charge in [0, 0.05) is 36.6 Å². The number of hydrogen-bond acceptors (Lipinski definition) is 3. The molecule has 2 heterocycles. The number of rotatable bonds is 4. The van der Waals surface area contributed by atoms with Gasteiger partial charge in [0.05, 0.1) is 5.52 Å². The van der Waals surface area contributed by atoms with Crippen LogP contribution in [-0.2, 0) is 0 Å². The lowest BCUT2D eigenvalue weighted by Gasteiger charge is -2.36. The Bertz CT molecular complexity index is 823. The summed E-state index contributed by atoms with van der Waals surface area (Å²) in [7, 11) is 4.31. The van der Waals surface area contributed by atoms with Gasteiger partial charge >= 0.3 is 0 Å². The zero-order chi connectivity index (χ0) is 19.8. The first-order valence-corrected chi connectivity index (χ1v) is 10.4. The number of carbonyl (C=O) groups excluding carboxylic acids is 1. The molecule has 0 unspecified atom stereocenters. The third-order valence-corrected chi connectivity index (χ3v) is 6.62. The van der Waals surface area contributed by atoms with Gasteiger partial charge in [0.2, 0.25) is 0 Å². The molecule has 1 aliphatic heterocycles. The van der Waals surface area contributed by atoms with E-state index in [2.05, 4.69) is 34.2 Å². The summed E-state index contributed by atoms with van der Waals surface area (Å²) < 4.78 is 14.1. The monoisotopic (exact) mass is 386 g/mol. The lowest BCUT2D eigenvalue weighted by atomic mass is 9.90. The van der Waals surface area contributed by atoms with Crippen LogP contribution in [0.15, 0.2) is 18.2 Å². The van der Waals surface area contributed by atoms with E-state index >= 15 is 0 Å². The molecular weight excluding hydrogens is 355 g/mol. The number of aromatic amines is 1. The standard InChI is InChI=1S/C22H31FN4O/c1-14-7-8-19(23)18-12-20(25-21(14)18)22(28)24-15-5-4-6-16(11-15)27-10-9-17(13-27)26(2)3/h7-8,12,15-17,25H,4-6,9-11,13H2,1-3H3,(H,24,28)/t15-,16+,17+/m1/s1. The zero-order valence-corrected chi connectivity index (χ0v) is 17.1. The van der Waals surface area contributed by atoms with Crippen LogP contribution in [0, 0.1) is 12.7 Å². The number of amides is 1. The number of H-pyrrole nitrogens is 1. The van der Waals surface area contributed by atoms with E-state index < -0.39 is 0 Å². The summed E-state index contributed by atoms with van der Waals surface area (Å²) in [5.74, 6) is -0.425. The largest absolute Gasteiger partial charge is 0.350 e. The van der Waals surface area contributed by atoms with Gasteiger partial charge in [-0.05, 0) is 70.8 Å². The third kappa shape index (κ3) is 3.80. The average Bonchev–Trinajstić information content (AvgIpc) is 3.33. The Hall–Kier alpha value is -1.92. The third-order valence-electron chi connectivity index (χ3n) is 6.62. The summed E-state index contributed by atoms with van der Waals surface area (Å²) in [4.78, 5) is 20.8. The second-order valence-electron chi connectivity index (χ2n) is 8.73. The second-order valence-corrected chi connectivity index (χ2v) is 8.73. The van der Waals surface area contributed by atoms with E-state index in [9.17, 15) is 9.18 Å². The van der Waals surface area contributed by atoms with Crippen LogP contribution in [0.25, 0.3) is 10.9 Å². The van der Waals surface area contributed by atoms with E-state index in [1.807, 2.05) is 6.92 Å². The van der Waals surface area contributed by atoms with Crippen LogP contribution in [0.1, 0.15) is 48.2 Å². The summed E-state index contributed by atoms with van der Waals surface area (Å²) >= 11 is 0. The van der Waals surface area contributed by atoms with Crippen molar-refractivity contribution in [3.05, 3.63) is 35.3 Å². The van der Waals surface area contributed by atoms with Crippen molar-refractivity contribution in [2.24, 2.45) is 0 Å². The van der Waals surface area contributed by atoms with Gasteiger partial charge in [-0.1, -0.05) is 6.07 Å². The van der Waals surface area contributed by atoms with Gasteiger partial charge in [0.15, 0.2) is 0 Å². The quantitative estimate of drug-likeness (QED) is 0.848. The number of halogens is 1. The zero-order valence-electron chi connectivity index (χ0n) is 17.1. The molecule has 2 fully saturated rings. The van der Waals surface area contributed by atoms with Crippen LogP contribution in [0.5, 0.6) is 0 Å². The Morgan fingerprint density at radius 1 is 1.29 bits per heavy atom. The molecule has 6 heteroatoms. The van der Waals surface area contributed by atoms with Crippen molar-refractivity contribution in [3.63, 3.8) is 0 Å². The molecule has 0 bridgehead atoms. The fourth-order valence-electron chi connectivity index (χ4n) is 4.86. The molecular formula is C22H31FN4O. The summed E-state index contributed by atoms with van der Waals surface area (Å²) in [6.45, 7) is 4.19. The molecule has 1 aromatic carbocycles. The molecule has 0 radical (unpaired) electrons. The van der Waals surface area contributed by atoms with E-state index in [0.29, 0.717) is 28.7 Å². The number of nitrogens with one attached hydrogen (secondary N) is 2. The van der Waals surface area contributed by atoms with Gasteiger partial charge in [-0.3, -0.25) is 9.69 Å². The van der Waals surface area contributed by atoms with Crippen molar-refractivity contribution >= 4 is 16.8 Å². The van der Waals surface area contributed by atoms with Crippen molar-refractivity contribution in [2.45, 2.75) is 57.2 Å². The Morgan fingerprint density at radius 2 is 2.11 bits per heavy atom. The van der Waals surface area contributed by atoms with E-state index in [1.165, 1.54) is 18.9 Å². The van der Waals surface area contributed by atoms with Crippen molar-refractivity contribution < 1.29 is 9.18 Å². The maximum Gasteiger partial charge on any atom is 0.267 e. The topological polar surface area (TPSA) is 51.4 Å². The van der Waals surface area contributed by atoms with Crippen LogP contribution >= 0.6 is 0 Å². The molecule has 3 atom stereocenters. The fraction of sp³-hybridized carbons (Fsp3) is 0.591. The number of fused-ring (bicyclic) bond motifs is 1. The Kier molecular flexibility index (Phi) is 5.43. The fourth-order valence-corrected chi connectivity index (χ4v) is 4.86. The number of hydrogen-bond donors (Lipinski definition) is 2. The summed E-state index contributed by atoms with van der Waals surface area (Å²) in [6.07, 6.45) is 5.59. The molecule has 5 nitrogen and oxygen atoms in total. The van der Waals surface area contributed by atoms with E-state index in [1.54, 1.807) is 12.1 Å². The maximum absolute atomic E-state index is 14.1. The first-order valence-electron chi connectivity index (χ1n) is 10.4. The van der Waals surface area contributed by atoms with Crippen LogP contribution in [0.3, 0.4) is 0 Å². The molecule has 2 aliphatic rings. The summed E-state index contributed by atoms with van der Waals surface area (Å²) in [6, 6.07) is 6.19. The highest BCUT2D eigenvalue weighted by molar-refractivity contribution is 5.99. The van der Waals surface area contributed by atoms with E-state index in [0.717, 1.165) is 37.9 Å². The highest BCUT2D eigenvalue weighted by Gasteiger charge is 2.33. The highest BCUT2D eigenvalue weighted by atomic mass is 19.1. The number of benzene rings is 1. The molecule has 4 rings (SSSR count). The smallest absolute Gasteiger partial charge is 0.267 e. The lowest BCUT2D eigenvalue weighted by Crippen LogP contribution is -2.46. The van der Waals surface area contributed by atoms with Gasteiger partial charge in [0.25, 0.3) is 5.91 Å². The Labute approximate surface area is 166 Å². The van der Waals surface area contributed by atoms with E-state index in [-0.39, 0.29) is 17.8 Å². The second kappa shape index (κ2) is 7.84. The minimum atomic E-state index is -0.293. The molecule has 1 amide bonds. The van der Waals surface area contributed by atoms with Crippen molar-refractivity contribution in [1.29, 1.82) is 0 Å². The highest BCUT2D eigenvalue weighted by Crippen LogP contribution is 2.28. The summed E-state index contributed by atoms with van der Waals surface area (Å²) in [5, 5.41) is 3.68. The first-order chi connectivity index (χ1) is 13.4. The van der Waals surface area contributed by atoms with Gasteiger partial charge < -0.3 is 15.2 Å². The van der Waals surface area contributed by atoms with Crippen LogP contribution < -0.4 is 5.32 Å². The van der Waals surface area contributed by atoms with Crippen LogP contribution in [-0.4, -0.2) is 66.0 Å². The number of carbonyl (C=O) groups is 1. The molecule has 152 valence electrons. The molecule has 28 heavy (non-hydrogen) atoms. The lowest BCUT2D eigenvalue weighted by molar-refractivity contribution is 0.0897. The Balaban J connectivity index is 1.41. The van der Waals surface area contributed by atoms with Crippen molar-refractivity contribution in [2.75, 3.05) is 27.2 Å². The normalized spacial score (nSPS) is 26.2. The molecule has 1 aromatic heterocycles. The van der Waals surface area contributed by atoms with E-state index in [4.69, 9.17) is 0 Å². The number of likely N-dealkylation sites (N-methyl/N-ethyl adjacent to an activating group) is 1. The number of nitrogens with zero attached hydrogens (tertiary/aromatic N) is 2. The summed E-state index contributed by atoms with van der Waals surface area (Å²) in [5.41, 5.74) is 2.09.